The third kappa shape index (κ3) is 5.10. The average Bonchev–Trinajstić information content (AvgIpc) is 3.10. The number of sulfone groups is 1. The Morgan fingerprint density at radius 1 is 1.31 bits per heavy atom. The Bertz CT molecular complexity index is 937. The molecule has 1 heterocycles. The third-order valence-corrected chi connectivity index (χ3v) is 5.19. The molecule has 0 radical (unpaired) electrons. The number of benzene rings is 1. The maximum atomic E-state index is 11.9. The summed E-state index contributed by atoms with van der Waals surface area (Å²) in [5.41, 5.74) is -0.959. The van der Waals surface area contributed by atoms with Crippen molar-refractivity contribution in [2.24, 2.45) is 0 Å². The van der Waals surface area contributed by atoms with Gasteiger partial charge in [-0.05, 0) is 23.6 Å². The molecule has 11 heteroatoms. The summed E-state index contributed by atoms with van der Waals surface area (Å²) in [5, 5.41) is 15.4. The minimum Gasteiger partial charge on any atom is -0.452 e. The first-order chi connectivity index (χ1) is 12.2. The summed E-state index contributed by atoms with van der Waals surface area (Å²) in [5.74, 6) is -1.51. The van der Waals surface area contributed by atoms with Gasteiger partial charge in [-0.25, -0.2) is 13.2 Å². The number of esters is 1. The van der Waals surface area contributed by atoms with Gasteiger partial charge < -0.3 is 10.1 Å². The zero-order valence-electron chi connectivity index (χ0n) is 13.5. The number of rotatable bonds is 7. The number of nitrogens with zero attached hydrogens (tertiary/aromatic N) is 1. The molecule has 138 valence electrons. The van der Waals surface area contributed by atoms with Gasteiger partial charge in [-0.3, -0.25) is 14.9 Å². The minimum absolute atomic E-state index is 0.227. The Labute approximate surface area is 152 Å². The van der Waals surface area contributed by atoms with Crippen LogP contribution in [0.3, 0.4) is 0 Å². The molecule has 26 heavy (non-hydrogen) atoms. The number of carbonyl (C=O) groups excluding carboxylic acids is 2. The van der Waals surface area contributed by atoms with Crippen LogP contribution in [0.5, 0.6) is 0 Å². The highest BCUT2D eigenvalue weighted by atomic mass is 32.2. The normalized spacial score (nSPS) is 11.0. The van der Waals surface area contributed by atoms with E-state index in [1.54, 1.807) is 0 Å². The monoisotopic (exact) mass is 398 g/mol. The zero-order valence-corrected chi connectivity index (χ0v) is 15.1. The highest BCUT2D eigenvalue weighted by Crippen LogP contribution is 2.25. The van der Waals surface area contributed by atoms with Crippen molar-refractivity contribution in [3.8, 4) is 0 Å². The maximum absolute atomic E-state index is 11.9. The number of nitro benzene ring substituents is 1. The second-order valence-corrected chi connectivity index (χ2v) is 8.16. The van der Waals surface area contributed by atoms with Crippen LogP contribution in [0, 0.1) is 10.1 Å². The van der Waals surface area contributed by atoms with Crippen molar-refractivity contribution < 1.29 is 27.7 Å². The molecule has 9 nitrogen and oxygen atoms in total. The van der Waals surface area contributed by atoms with Crippen molar-refractivity contribution >= 4 is 38.7 Å². The van der Waals surface area contributed by atoms with Gasteiger partial charge in [-0.1, -0.05) is 6.07 Å². The SMILES string of the molecule is CS(=O)(=O)c1ccc(C(=O)OCC(=O)NCc2cccs2)cc1[N+](=O)[O-]. The summed E-state index contributed by atoms with van der Waals surface area (Å²) in [7, 11) is -3.83. The summed E-state index contributed by atoms with van der Waals surface area (Å²) < 4.78 is 27.9. The lowest BCUT2D eigenvalue weighted by atomic mass is 10.2. The molecule has 0 unspecified atom stereocenters. The molecule has 0 aliphatic rings. The number of hydrogen-bond donors (Lipinski definition) is 1. The van der Waals surface area contributed by atoms with E-state index in [2.05, 4.69) is 5.32 Å². The number of nitro groups is 1. The number of nitrogens with one attached hydrogen (secondary N) is 1. The van der Waals surface area contributed by atoms with E-state index in [4.69, 9.17) is 4.74 Å². The zero-order chi connectivity index (χ0) is 19.3. The van der Waals surface area contributed by atoms with Gasteiger partial charge in [0, 0.05) is 17.2 Å². The van der Waals surface area contributed by atoms with E-state index in [9.17, 15) is 28.1 Å². The molecule has 0 aliphatic carbocycles. The number of ether oxygens (including phenoxy) is 1. The molecule has 1 amide bonds. The largest absolute Gasteiger partial charge is 0.452 e. The van der Waals surface area contributed by atoms with Crippen LogP contribution in [0.4, 0.5) is 5.69 Å². The van der Waals surface area contributed by atoms with E-state index >= 15 is 0 Å². The van der Waals surface area contributed by atoms with E-state index in [0.717, 1.165) is 29.3 Å². The predicted molar refractivity (Wildman–Crippen MR) is 92.7 cm³/mol. The topological polar surface area (TPSA) is 133 Å². The first-order valence-corrected chi connectivity index (χ1v) is 9.90. The van der Waals surface area contributed by atoms with Crippen molar-refractivity contribution in [3.05, 3.63) is 56.3 Å². The van der Waals surface area contributed by atoms with Crippen molar-refractivity contribution in [1.29, 1.82) is 0 Å². The molecule has 2 rings (SSSR count). The van der Waals surface area contributed by atoms with Crippen LogP contribution >= 0.6 is 11.3 Å². The van der Waals surface area contributed by atoms with Crippen LogP contribution in [0.1, 0.15) is 15.2 Å². The lowest BCUT2D eigenvalue weighted by molar-refractivity contribution is -0.387. The number of hydrogen-bond acceptors (Lipinski definition) is 8. The summed E-state index contributed by atoms with van der Waals surface area (Å²) in [6, 6.07) is 6.52. The average molecular weight is 398 g/mol. The van der Waals surface area contributed by atoms with Gasteiger partial charge in [0.15, 0.2) is 16.4 Å². The first kappa shape index (κ1) is 19.5. The molecule has 1 aromatic carbocycles. The van der Waals surface area contributed by atoms with Gasteiger partial charge in [-0.15, -0.1) is 11.3 Å². The molecule has 0 spiro atoms. The van der Waals surface area contributed by atoms with E-state index in [1.165, 1.54) is 11.3 Å². The summed E-state index contributed by atoms with van der Waals surface area (Å²) in [6.07, 6.45) is 0.825. The Morgan fingerprint density at radius 3 is 2.62 bits per heavy atom. The van der Waals surface area contributed by atoms with E-state index in [1.807, 2.05) is 17.5 Å². The molecule has 1 N–H and O–H groups in total. The second-order valence-electron chi connectivity index (χ2n) is 5.14. The van der Waals surface area contributed by atoms with Crippen LogP contribution in [-0.2, 0) is 25.9 Å². The lowest BCUT2D eigenvalue weighted by Crippen LogP contribution is -2.28. The van der Waals surface area contributed by atoms with Crippen molar-refractivity contribution in [3.63, 3.8) is 0 Å². The van der Waals surface area contributed by atoms with Gasteiger partial charge in [-0.2, -0.15) is 0 Å². The highest BCUT2D eigenvalue weighted by molar-refractivity contribution is 7.90. The Hall–Kier alpha value is -2.79. The van der Waals surface area contributed by atoms with Crippen molar-refractivity contribution in [2.75, 3.05) is 12.9 Å². The highest BCUT2D eigenvalue weighted by Gasteiger charge is 2.24. The van der Waals surface area contributed by atoms with Gasteiger partial charge in [0.1, 0.15) is 4.90 Å². The smallest absolute Gasteiger partial charge is 0.338 e. The molecule has 2 aromatic rings. The molecule has 0 atom stereocenters. The fourth-order valence-electron chi connectivity index (χ4n) is 1.96. The minimum atomic E-state index is -3.83. The van der Waals surface area contributed by atoms with E-state index < -0.39 is 43.8 Å². The first-order valence-electron chi connectivity index (χ1n) is 7.13. The molecular weight excluding hydrogens is 384 g/mol. The van der Waals surface area contributed by atoms with Gasteiger partial charge in [0.2, 0.25) is 0 Å². The predicted octanol–water partition coefficient (Wildman–Crippen LogP) is 1.53. The summed E-state index contributed by atoms with van der Waals surface area (Å²) in [6.45, 7) is -0.269. The van der Waals surface area contributed by atoms with Crippen LogP contribution in [0.25, 0.3) is 0 Å². The fourth-order valence-corrected chi connectivity index (χ4v) is 3.44. The van der Waals surface area contributed by atoms with Crippen LogP contribution in [-0.4, -0.2) is 38.1 Å². The Balaban J connectivity index is 2.01. The van der Waals surface area contributed by atoms with Gasteiger partial charge in [0.05, 0.1) is 17.0 Å². The summed E-state index contributed by atoms with van der Waals surface area (Å²) in [4.78, 5) is 34.2. The second kappa shape index (κ2) is 8.06. The lowest BCUT2D eigenvalue weighted by Gasteiger charge is -2.07. The summed E-state index contributed by atoms with van der Waals surface area (Å²) >= 11 is 1.46. The maximum Gasteiger partial charge on any atom is 0.338 e. The molecule has 0 fully saturated rings. The standard InChI is InChI=1S/C15H14N2O7S2/c1-26(22,23)13-5-4-10(7-12(13)17(20)21)15(19)24-9-14(18)16-8-11-3-2-6-25-11/h2-7H,8-9H2,1H3,(H,16,18). The number of thiophene rings is 1. The third-order valence-electron chi connectivity index (χ3n) is 3.17. The molecule has 0 bridgehead atoms. The van der Waals surface area contributed by atoms with Crippen LogP contribution in [0.2, 0.25) is 0 Å². The van der Waals surface area contributed by atoms with E-state index in [0.29, 0.717) is 6.54 Å². The van der Waals surface area contributed by atoms with Gasteiger partial charge >= 0.3 is 5.97 Å². The quantitative estimate of drug-likeness (QED) is 0.425. The van der Waals surface area contributed by atoms with Crippen molar-refractivity contribution in [2.45, 2.75) is 11.4 Å². The molecule has 0 saturated carbocycles. The Kier molecular flexibility index (Phi) is 6.05. The molecule has 0 saturated heterocycles. The van der Waals surface area contributed by atoms with Crippen LogP contribution in [0.15, 0.2) is 40.6 Å². The number of carbonyl (C=O) groups is 2. The van der Waals surface area contributed by atoms with Crippen LogP contribution < -0.4 is 5.32 Å². The van der Waals surface area contributed by atoms with Gasteiger partial charge in [0.25, 0.3) is 11.6 Å². The van der Waals surface area contributed by atoms with Crippen molar-refractivity contribution in [1.82, 2.24) is 5.32 Å². The molecule has 0 aliphatic heterocycles. The van der Waals surface area contributed by atoms with E-state index in [-0.39, 0.29) is 5.56 Å². The molecule has 1 aromatic heterocycles. The number of amides is 1. The Morgan fingerprint density at radius 2 is 2.04 bits per heavy atom. The molecular formula is C15H14N2O7S2. The fraction of sp³-hybridized carbons (Fsp3) is 0.200.